The average Bonchev–Trinajstić information content (AvgIpc) is 2.74. The summed E-state index contributed by atoms with van der Waals surface area (Å²) in [4.78, 5) is -4.20. The number of piperidine rings is 1. The highest BCUT2D eigenvalue weighted by Gasteiger charge is 2.40. The van der Waals surface area contributed by atoms with Crippen LogP contribution in [0.5, 0.6) is 0 Å². The molecule has 13 heteroatoms. The minimum atomic E-state index is -5.67. The average molecular weight is 532 g/mol. The zero-order chi connectivity index (χ0) is 24.3. The quantitative estimate of drug-likeness (QED) is 0.354. The molecular formula is C20H25F4NO5S3. The summed E-state index contributed by atoms with van der Waals surface area (Å²) in [7, 11) is -10.7. The molecule has 1 heterocycles. The molecule has 6 nitrogen and oxygen atoms in total. The maximum atomic E-state index is 14.3. The molecule has 0 bridgehead atoms. The van der Waals surface area contributed by atoms with Crippen molar-refractivity contribution < 1.29 is 39.0 Å². The van der Waals surface area contributed by atoms with Gasteiger partial charge in [-0.3, -0.25) is 4.55 Å². The first kappa shape index (κ1) is 29.4. The fourth-order valence-corrected chi connectivity index (χ4v) is 5.69. The standard InChI is InChI=1S/C18H17F4NO5S2.C2H6.H2S/c19-13-15(21)18(30(26,27)28)16(22)14(20)17(13)29(24,25)23-8-6-12(7-9-23)10-11-4-2-1-3-5-11;1-2;/h1-5,12H,6-10H2,(H,26,27,28);1-2H3;1H2. The van der Waals surface area contributed by atoms with E-state index in [2.05, 4.69) is 0 Å². The molecule has 0 atom stereocenters. The molecule has 0 radical (unpaired) electrons. The van der Waals surface area contributed by atoms with Crippen LogP contribution in [0.2, 0.25) is 0 Å². The van der Waals surface area contributed by atoms with E-state index in [4.69, 9.17) is 4.55 Å². The summed E-state index contributed by atoms with van der Waals surface area (Å²) in [5.74, 6) is -9.73. The fourth-order valence-electron chi connectivity index (χ4n) is 3.47. The maximum absolute atomic E-state index is 14.3. The van der Waals surface area contributed by atoms with E-state index < -0.39 is 53.2 Å². The Balaban J connectivity index is 0.00000177. The van der Waals surface area contributed by atoms with Gasteiger partial charge in [0, 0.05) is 13.1 Å². The predicted octanol–water partition coefficient (Wildman–Crippen LogP) is 4.27. The monoisotopic (exact) mass is 531 g/mol. The smallest absolute Gasteiger partial charge is 0.282 e. The summed E-state index contributed by atoms with van der Waals surface area (Å²) in [5.41, 5.74) is 1.04. The molecule has 1 aliphatic rings. The molecule has 0 unspecified atom stereocenters. The van der Waals surface area contributed by atoms with Crippen molar-refractivity contribution in [2.75, 3.05) is 13.1 Å². The molecule has 2 aromatic rings. The Morgan fingerprint density at radius 1 is 0.848 bits per heavy atom. The third-order valence-electron chi connectivity index (χ3n) is 4.98. The summed E-state index contributed by atoms with van der Waals surface area (Å²) in [6.45, 7) is 3.73. The van der Waals surface area contributed by atoms with Crippen molar-refractivity contribution in [1.29, 1.82) is 0 Å². The van der Waals surface area contributed by atoms with Gasteiger partial charge in [-0.1, -0.05) is 44.2 Å². The van der Waals surface area contributed by atoms with Gasteiger partial charge in [0.2, 0.25) is 10.0 Å². The molecule has 0 aromatic heterocycles. The number of benzene rings is 2. The minimum absolute atomic E-state index is 0. The molecule has 33 heavy (non-hydrogen) atoms. The van der Waals surface area contributed by atoms with Gasteiger partial charge in [0.15, 0.2) is 33.1 Å². The summed E-state index contributed by atoms with van der Waals surface area (Å²) in [6.07, 6.45) is 1.38. The molecule has 0 aliphatic carbocycles. The first-order chi connectivity index (χ1) is 14.9. The van der Waals surface area contributed by atoms with Gasteiger partial charge in [0.1, 0.15) is 0 Å². The molecule has 0 amide bonds. The second-order valence-corrected chi connectivity index (χ2v) is 10.2. The lowest BCUT2D eigenvalue weighted by molar-refractivity contribution is 0.270. The zero-order valence-corrected chi connectivity index (χ0v) is 20.5. The van der Waals surface area contributed by atoms with Crippen molar-refractivity contribution in [1.82, 2.24) is 4.31 Å². The zero-order valence-electron chi connectivity index (χ0n) is 17.9. The minimum Gasteiger partial charge on any atom is -0.282 e. The van der Waals surface area contributed by atoms with Crippen LogP contribution in [0.25, 0.3) is 0 Å². The van der Waals surface area contributed by atoms with Crippen molar-refractivity contribution in [3.05, 3.63) is 59.2 Å². The van der Waals surface area contributed by atoms with Crippen LogP contribution in [0.1, 0.15) is 32.3 Å². The summed E-state index contributed by atoms with van der Waals surface area (Å²) >= 11 is 0. The fraction of sp³-hybridized carbons (Fsp3) is 0.400. The van der Waals surface area contributed by atoms with Gasteiger partial charge in [-0.15, -0.1) is 0 Å². The van der Waals surface area contributed by atoms with Crippen molar-refractivity contribution in [2.45, 2.75) is 42.9 Å². The van der Waals surface area contributed by atoms with Gasteiger partial charge >= 0.3 is 10.1 Å². The summed E-state index contributed by atoms with van der Waals surface area (Å²) < 4.78 is 113. The van der Waals surface area contributed by atoms with Crippen LogP contribution < -0.4 is 0 Å². The summed E-state index contributed by atoms with van der Waals surface area (Å²) in [6, 6.07) is 9.40. The highest BCUT2D eigenvalue weighted by atomic mass is 32.2. The molecule has 1 aliphatic heterocycles. The summed E-state index contributed by atoms with van der Waals surface area (Å²) in [5, 5.41) is 0. The topological polar surface area (TPSA) is 91.7 Å². The highest BCUT2D eigenvalue weighted by molar-refractivity contribution is 7.89. The van der Waals surface area contributed by atoms with E-state index >= 15 is 0 Å². The van der Waals surface area contributed by atoms with Crippen LogP contribution in [-0.2, 0) is 26.6 Å². The SMILES string of the molecule is CC.O=S(=O)(O)c1c(F)c(F)c(S(=O)(=O)N2CCC(Cc3ccccc3)CC2)c(F)c1F.S. The Morgan fingerprint density at radius 2 is 1.27 bits per heavy atom. The number of halogens is 4. The third kappa shape index (κ3) is 6.27. The first-order valence-electron chi connectivity index (χ1n) is 9.82. The second kappa shape index (κ2) is 11.6. The molecule has 0 saturated carbocycles. The Hall–Kier alpha value is -1.67. The first-order valence-corrected chi connectivity index (χ1v) is 12.7. The number of rotatable bonds is 5. The van der Waals surface area contributed by atoms with E-state index in [1.54, 1.807) is 0 Å². The Labute approximate surface area is 197 Å². The molecule has 1 fully saturated rings. The van der Waals surface area contributed by atoms with E-state index in [0.717, 1.165) is 5.56 Å². The predicted molar refractivity (Wildman–Crippen MR) is 119 cm³/mol. The van der Waals surface area contributed by atoms with Crippen LogP contribution in [0.4, 0.5) is 17.6 Å². The number of hydrogen-bond acceptors (Lipinski definition) is 4. The molecule has 186 valence electrons. The normalized spacial score (nSPS) is 15.4. The van der Waals surface area contributed by atoms with Crippen LogP contribution >= 0.6 is 13.5 Å². The van der Waals surface area contributed by atoms with Crippen molar-refractivity contribution in [3.63, 3.8) is 0 Å². The maximum Gasteiger partial charge on any atom is 0.300 e. The van der Waals surface area contributed by atoms with Gasteiger partial charge < -0.3 is 0 Å². The van der Waals surface area contributed by atoms with E-state index in [9.17, 15) is 34.4 Å². The second-order valence-electron chi connectivity index (χ2n) is 6.93. The lowest BCUT2D eigenvalue weighted by Gasteiger charge is -2.31. The van der Waals surface area contributed by atoms with E-state index in [1.165, 1.54) is 0 Å². The van der Waals surface area contributed by atoms with Gasteiger partial charge in [-0.05, 0) is 30.7 Å². The molecule has 1 saturated heterocycles. The number of hydrogen-bond donors (Lipinski definition) is 1. The van der Waals surface area contributed by atoms with Gasteiger partial charge in [-0.25, -0.2) is 26.0 Å². The van der Waals surface area contributed by atoms with E-state index in [1.807, 2.05) is 44.2 Å². The molecule has 2 aromatic carbocycles. The number of sulfonamides is 1. The molecule has 1 N–H and O–H groups in total. The van der Waals surface area contributed by atoms with Crippen LogP contribution in [0.3, 0.4) is 0 Å². The lowest BCUT2D eigenvalue weighted by atomic mass is 9.91. The van der Waals surface area contributed by atoms with Crippen molar-refractivity contribution >= 4 is 33.6 Å². The Morgan fingerprint density at radius 3 is 1.70 bits per heavy atom. The van der Waals surface area contributed by atoms with Gasteiger partial charge in [0.05, 0.1) is 0 Å². The lowest BCUT2D eigenvalue weighted by Crippen LogP contribution is -2.40. The molecule has 3 rings (SSSR count). The Kier molecular flexibility index (Phi) is 10.4. The van der Waals surface area contributed by atoms with Crippen LogP contribution in [0.15, 0.2) is 40.1 Å². The van der Waals surface area contributed by atoms with E-state index in [-0.39, 0.29) is 32.5 Å². The highest BCUT2D eigenvalue weighted by Crippen LogP contribution is 2.33. The molecular weight excluding hydrogens is 506 g/mol. The Bertz CT molecular complexity index is 1140. The van der Waals surface area contributed by atoms with Crippen molar-refractivity contribution in [2.24, 2.45) is 5.92 Å². The molecule has 0 spiro atoms. The van der Waals surface area contributed by atoms with Gasteiger partial charge in [0.25, 0.3) is 0 Å². The van der Waals surface area contributed by atoms with E-state index in [0.29, 0.717) is 23.6 Å². The van der Waals surface area contributed by atoms with Gasteiger partial charge in [-0.2, -0.15) is 26.2 Å². The van der Waals surface area contributed by atoms with Crippen LogP contribution in [0, 0.1) is 29.2 Å². The largest absolute Gasteiger partial charge is 0.300 e. The van der Waals surface area contributed by atoms with Crippen LogP contribution in [-0.4, -0.2) is 38.8 Å². The van der Waals surface area contributed by atoms with Crippen molar-refractivity contribution in [3.8, 4) is 0 Å². The third-order valence-corrected chi connectivity index (χ3v) is 7.77. The number of nitrogens with zero attached hydrogens (tertiary/aromatic N) is 1.